The smallest absolute Gasteiger partial charge is 0.306 e. The van der Waals surface area contributed by atoms with E-state index in [1.807, 2.05) is 0 Å². The lowest BCUT2D eigenvalue weighted by molar-refractivity contribution is -0.151. The molecule has 356 valence electrons. The van der Waals surface area contributed by atoms with Crippen molar-refractivity contribution in [1.29, 1.82) is 0 Å². The van der Waals surface area contributed by atoms with E-state index in [-0.39, 0.29) is 24.9 Å². The van der Waals surface area contributed by atoms with Crippen LogP contribution in [-0.4, -0.2) is 46.9 Å². The number of ether oxygens (including phenoxy) is 1. The Hall–Kier alpha value is -1.40. The number of carbonyl (C=O) groups is 2. The Morgan fingerprint density at radius 2 is 0.817 bits per heavy atom. The van der Waals surface area contributed by atoms with Crippen LogP contribution in [0.15, 0.2) is 12.2 Å². The number of nitrogens with one attached hydrogen (secondary N) is 1. The van der Waals surface area contributed by atoms with Crippen LogP contribution in [0.1, 0.15) is 297 Å². The summed E-state index contributed by atoms with van der Waals surface area (Å²) in [5, 5.41) is 23.8. The van der Waals surface area contributed by atoms with Crippen molar-refractivity contribution < 1.29 is 24.5 Å². The molecule has 1 amide bonds. The Morgan fingerprint density at radius 3 is 1.22 bits per heavy atom. The third-order valence-corrected chi connectivity index (χ3v) is 12.6. The third-order valence-electron chi connectivity index (χ3n) is 12.6. The Morgan fingerprint density at radius 1 is 0.467 bits per heavy atom. The molecule has 0 aliphatic carbocycles. The van der Waals surface area contributed by atoms with Gasteiger partial charge in [-0.15, -0.1) is 0 Å². The van der Waals surface area contributed by atoms with Crippen molar-refractivity contribution in [2.45, 2.75) is 315 Å². The summed E-state index contributed by atoms with van der Waals surface area (Å²) < 4.78 is 5.91. The standard InChI is InChI=1S/C54H105NO5/c1-4-7-10-13-16-19-22-25-26-27-28-29-31-34-37-40-43-46-52(57)51(49-56)55-53(58)48-50(45-42-39-36-33-30-23-20-17-14-11-8-5-2)60-54(59)47-44-41-38-35-32-24-21-18-15-12-9-6-3/h33,36,50-52,56-57H,4-32,34-35,37-49H2,1-3H3,(H,55,58)/b36-33-. The van der Waals surface area contributed by atoms with Gasteiger partial charge in [0.25, 0.3) is 0 Å². The first-order valence-corrected chi connectivity index (χ1v) is 26.9. The van der Waals surface area contributed by atoms with Gasteiger partial charge in [-0.25, -0.2) is 0 Å². The molecule has 60 heavy (non-hydrogen) atoms. The molecule has 0 saturated carbocycles. The fraction of sp³-hybridized carbons (Fsp3) is 0.926. The van der Waals surface area contributed by atoms with Gasteiger partial charge in [-0.2, -0.15) is 0 Å². The fourth-order valence-corrected chi connectivity index (χ4v) is 8.49. The van der Waals surface area contributed by atoms with E-state index in [1.165, 1.54) is 199 Å². The van der Waals surface area contributed by atoms with Crippen LogP contribution in [0.5, 0.6) is 0 Å². The summed E-state index contributed by atoms with van der Waals surface area (Å²) in [6, 6.07) is -0.703. The molecule has 0 aliphatic rings. The van der Waals surface area contributed by atoms with Crippen LogP contribution < -0.4 is 5.32 Å². The Bertz CT molecular complexity index is 909. The van der Waals surface area contributed by atoms with Gasteiger partial charge in [0.15, 0.2) is 0 Å². The first kappa shape index (κ1) is 58.6. The van der Waals surface area contributed by atoms with Crippen LogP contribution >= 0.6 is 0 Å². The van der Waals surface area contributed by atoms with Gasteiger partial charge in [0.1, 0.15) is 6.10 Å². The molecule has 3 N–H and O–H groups in total. The van der Waals surface area contributed by atoms with E-state index in [0.29, 0.717) is 19.3 Å². The van der Waals surface area contributed by atoms with Crippen molar-refractivity contribution in [1.82, 2.24) is 5.32 Å². The van der Waals surface area contributed by atoms with Gasteiger partial charge in [0, 0.05) is 6.42 Å². The van der Waals surface area contributed by atoms with Crippen molar-refractivity contribution in [2.24, 2.45) is 0 Å². The molecule has 0 aromatic heterocycles. The predicted octanol–water partition coefficient (Wildman–Crippen LogP) is 16.1. The highest BCUT2D eigenvalue weighted by Gasteiger charge is 2.24. The molecule has 0 spiro atoms. The minimum absolute atomic E-state index is 0.0638. The molecule has 3 atom stereocenters. The number of rotatable bonds is 49. The highest BCUT2D eigenvalue weighted by molar-refractivity contribution is 5.77. The van der Waals surface area contributed by atoms with Gasteiger partial charge in [0.05, 0.1) is 25.2 Å². The lowest BCUT2D eigenvalue weighted by Crippen LogP contribution is -2.46. The SMILES string of the molecule is CCCCCCCCC/C=C\CCCC(CC(=O)NC(CO)C(O)CCCCCCCCCCCCCCCCCCC)OC(=O)CCCCCCCCCCCCCC. The number of aliphatic hydroxyl groups excluding tert-OH is 2. The number of amides is 1. The molecule has 6 heteroatoms. The van der Waals surface area contributed by atoms with Crippen LogP contribution in [0.4, 0.5) is 0 Å². The molecule has 0 saturated heterocycles. The van der Waals surface area contributed by atoms with Gasteiger partial charge in [0.2, 0.25) is 5.91 Å². The minimum Gasteiger partial charge on any atom is -0.462 e. The molecule has 0 radical (unpaired) electrons. The quantitative estimate of drug-likeness (QED) is 0.0322. The number of hydrogen-bond acceptors (Lipinski definition) is 5. The zero-order valence-electron chi connectivity index (χ0n) is 40.6. The number of hydrogen-bond donors (Lipinski definition) is 3. The summed E-state index contributed by atoms with van der Waals surface area (Å²) in [7, 11) is 0. The first-order valence-electron chi connectivity index (χ1n) is 26.9. The minimum atomic E-state index is -0.788. The van der Waals surface area contributed by atoms with Gasteiger partial charge in [-0.05, 0) is 44.9 Å². The van der Waals surface area contributed by atoms with Crippen molar-refractivity contribution in [3.63, 3.8) is 0 Å². The largest absolute Gasteiger partial charge is 0.462 e. The Balaban J connectivity index is 4.47. The van der Waals surface area contributed by atoms with Crippen molar-refractivity contribution >= 4 is 11.9 Å². The highest BCUT2D eigenvalue weighted by atomic mass is 16.5. The van der Waals surface area contributed by atoms with Gasteiger partial charge >= 0.3 is 5.97 Å². The van der Waals surface area contributed by atoms with Crippen LogP contribution in [0, 0.1) is 0 Å². The van der Waals surface area contributed by atoms with E-state index < -0.39 is 18.2 Å². The Labute approximate surface area is 374 Å². The second kappa shape index (κ2) is 48.6. The average molecular weight is 848 g/mol. The summed E-state index contributed by atoms with van der Waals surface area (Å²) in [5.74, 6) is -0.486. The zero-order valence-corrected chi connectivity index (χ0v) is 40.6. The van der Waals surface area contributed by atoms with Crippen LogP contribution in [0.2, 0.25) is 0 Å². The number of unbranched alkanes of at least 4 members (excludes halogenated alkanes) is 35. The molecule has 0 rings (SSSR count). The molecule has 0 fully saturated rings. The molecule has 0 aromatic rings. The number of allylic oxidation sites excluding steroid dienone is 2. The first-order chi connectivity index (χ1) is 29.5. The van der Waals surface area contributed by atoms with Crippen LogP contribution in [-0.2, 0) is 14.3 Å². The van der Waals surface area contributed by atoms with Crippen molar-refractivity contribution in [2.75, 3.05) is 6.61 Å². The zero-order chi connectivity index (χ0) is 43.8. The maximum Gasteiger partial charge on any atom is 0.306 e. The molecular weight excluding hydrogens is 743 g/mol. The molecular formula is C54H105NO5. The lowest BCUT2D eigenvalue weighted by atomic mass is 10.0. The number of carbonyl (C=O) groups excluding carboxylic acids is 2. The molecule has 0 aliphatic heterocycles. The highest BCUT2D eigenvalue weighted by Crippen LogP contribution is 2.18. The van der Waals surface area contributed by atoms with E-state index >= 15 is 0 Å². The number of aliphatic hydroxyl groups is 2. The van der Waals surface area contributed by atoms with E-state index in [2.05, 4.69) is 38.2 Å². The van der Waals surface area contributed by atoms with Crippen molar-refractivity contribution in [3.8, 4) is 0 Å². The summed E-state index contributed by atoms with van der Waals surface area (Å²) in [6.45, 7) is 6.50. The van der Waals surface area contributed by atoms with Crippen molar-refractivity contribution in [3.05, 3.63) is 12.2 Å². The predicted molar refractivity (Wildman–Crippen MR) is 260 cm³/mol. The third kappa shape index (κ3) is 43.3. The summed E-state index contributed by atoms with van der Waals surface area (Å²) in [6.07, 6.45) is 54.2. The molecule has 0 bridgehead atoms. The normalized spacial score (nSPS) is 13.2. The monoisotopic (exact) mass is 848 g/mol. The van der Waals surface area contributed by atoms with Gasteiger partial charge < -0.3 is 20.3 Å². The van der Waals surface area contributed by atoms with E-state index in [1.54, 1.807) is 0 Å². The van der Waals surface area contributed by atoms with Crippen LogP contribution in [0.3, 0.4) is 0 Å². The maximum absolute atomic E-state index is 13.2. The Kier molecular flexibility index (Phi) is 47.5. The second-order valence-corrected chi connectivity index (χ2v) is 18.6. The molecule has 6 nitrogen and oxygen atoms in total. The van der Waals surface area contributed by atoms with Crippen LogP contribution in [0.25, 0.3) is 0 Å². The average Bonchev–Trinajstić information content (AvgIpc) is 3.24. The molecule has 3 unspecified atom stereocenters. The summed E-state index contributed by atoms with van der Waals surface area (Å²) in [5.41, 5.74) is 0. The molecule has 0 aromatic carbocycles. The van der Waals surface area contributed by atoms with E-state index in [9.17, 15) is 19.8 Å². The molecule has 0 heterocycles. The fourth-order valence-electron chi connectivity index (χ4n) is 8.49. The summed E-state index contributed by atoms with van der Waals surface area (Å²) in [4.78, 5) is 26.1. The second-order valence-electron chi connectivity index (χ2n) is 18.6. The van der Waals surface area contributed by atoms with E-state index in [0.717, 1.165) is 51.4 Å². The summed E-state index contributed by atoms with van der Waals surface area (Å²) >= 11 is 0. The van der Waals surface area contributed by atoms with E-state index in [4.69, 9.17) is 4.74 Å². The van der Waals surface area contributed by atoms with Gasteiger partial charge in [-0.1, -0.05) is 251 Å². The topological polar surface area (TPSA) is 95.9 Å². The maximum atomic E-state index is 13.2. The van der Waals surface area contributed by atoms with Gasteiger partial charge in [-0.3, -0.25) is 9.59 Å². The number of esters is 1. The lowest BCUT2D eigenvalue weighted by Gasteiger charge is -2.24.